The van der Waals surface area contributed by atoms with Crippen LogP contribution >= 0.6 is 11.8 Å². The Bertz CT molecular complexity index is 2220. The summed E-state index contributed by atoms with van der Waals surface area (Å²) in [6.45, 7) is 5.34. The number of methoxy groups -OCH3 is 2. The van der Waals surface area contributed by atoms with E-state index in [9.17, 15) is 25.1 Å². The van der Waals surface area contributed by atoms with E-state index in [0.717, 1.165) is 16.7 Å². The van der Waals surface area contributed by atoms with Gasteiger partial charge in [-0.15, -0.1) is 11.8 Å². The molecule has 55 heavy (non-hydrogen) atoms. The molecule has 2 saturated heterocycles. The summed E-state index contributed by atoms with van der Waals surface area (Å²) >= 11 is 1.49. The lowest BCUT2D eigenvalue weighted by atomic mass is 9.72. The number of nitrogens with one attached hydrogen (secondary N) is 1. The van der Waals surface area contributed by atoms with Crippen molar-refractivity contribution in [3.63, 3.8) is 0 Å². The second-order valence-corrected chi connectivity index (χ2v) is 16.2. The van der Waals surface area contributed by atoms with Crippen LogP contribution in [0.15, 0.2) is 18.2 Å². The van der Waals surface area contributed by atoms with Crippen molar-refractivity contribution in [1.82, 2.24) is 15.1 Å². The summed E-state index contributed by atoms with van der Waals surface area (Å²) in [6, 6.07) is 5.13. The summed E-state index contributed by atoms with van der Waals surface area (Å²) < 4.78 is 36.1. The number of hydrogen-bond donors (Lipinski definition) is 3. The highest BCUT2D eigenvalue weighted by atomic mass is 32.2. The smallest absolute Gasteiger partial charge is 0.332 e. The number of hydrogen-bond acceptors (Lipinski definition) is 15. The van der Waals surface area contributed by atoms with Crippen LogP contribution in [0, 0.1) is 25.2 Å². The first-order chi connectivity index (χ1) is 26.4. The van der Waals surface area contributed by atoms with Crippen LogP contribution in [0.25, 0.3) is 0 Å². The van der Waals surface area contributed by atoms with E-state index in [1.165, 1.54) is 32.9 Å². The SMILES string of the molecule is COc1cc2c(cc1O)CCN(C)[C@]21CS[C@@H]2c3c(OC(C)=O)c(C)c4c(c3[C@@H](COC1=O)N1C2[C@H]2N[C@H](Cc3cc(C)c(OC)c(O)c32)[C@@H]1C#N)OCO4. The van der Waals surface area contributed by atoms with Crippen molar-refractivity contribution in [3.05, 3.63) is 62.7 Å². The molecule has 0 amide bonds. The van der Waals surface area contributed by atoms with Gasteiger partial charge in [-0.25, -0.2) is 4.79 Å². The van der Waals surface area contributed by atoms with Crippen LogP contribution in [0.3, 0.4) is 0 Å². The van der Waals surface area contributed by atoms with E-state index >= 15 is 0 Å². The van der Waals surface area contributed by atoms with Crippen LogP contribution in [0.4, 0.5) is 0 Å². The number of piperazine rings is 1. The minimum Gasteiger partial charge on any atom is -0.504 e. The topological polar surface area (TPSA) is 172 Å². The average molecular weight is 771 g/mol. The quantitative estimate of drug-likeness (QED) is 0.258. The summed E-state index contributed by atoms with van der Waals surface area (Å²) in [5, 5.41) is 37.0. The monoisotopic (exact) mass is 770 g/mol. The third-order valence-electron chi connectivity index (χ3n) is 12.4. The van der Waals surface area contributed by atoms with Crippen molar-refractivity contribution < 1.29 is 48.2 Å². The van der Waals surface area contributed by atoms with Crippen LogP contribution in [0.5, 0.6) is 40.2 Å². The maximum atomic E-state index is 14.9. The fourth-order valence-corrected chi connectivity index (χ4v) is 11.9. The van der Waals surface area contributed by atoms with E-state index in [0.29, 0.717) is 70.2 Å². The fraction of sp³-hybridized carbons (Fsp3) is 0.475. The second kappa shape index (κ2) is 12.8. The number of thioether (sulfide) groups is 1. The maximum absolute atomic E-state index is 14.9. The first-order valence-electron chi connectivity index (χ1n) is 18.3. The van der Waals surface area contributed by atoms with Gasteiger partial charge in [-0.2, -0.15) is 5.26 Å². The predicted octanol–water partition coefficient (Wildman–Crippen LogP) is 3.99. The van der Waals surface area contributed by atoms with Gasteiger partial charge in [0.25, 0.3) is 0 Å². The molecule has 1 unspecified atom stereocenters. The highest BCUT2D eigenvalue weighted by molar-refractivity contribution is 7.99. The number of nitrogens with zero attached hydrogens (tertiary/aromatic N) is 3. The summed E-state index contributed by atoms with van der Waals surface area (Å²) in [7, 11) is 4.89. The minimum absolute atomic E-state index is 0.0187. The first-order valence-corrected chi connectivity index (χ1v) is 19.4. The largest absolute Gasteiger partial charge is 0.504 e. The van der Waals surface area contributed by atoms with Crippen molar-refractivity contribution in [2.75, 3.05) is 47.0 Å². The Balaban J connectivity index is 1.33. The number of ether oxygens (including phenoxy) is 6. The number of rotatable bonds is 3. The molecule has 0 aromatic heterocycles. The number of phenolic OH excluding ortho intramolecular Hbond substituents is 2. The summed E-state index contributed by atoms with van der Waals surface area (Å²) in [4.78, 5) is 32.0. The number of esters is 2. The number of likely N-dealkylation sites (N-methyl/N-ethyl adjacent to an activating group) is 1. The molecule has 14 nitrogen and oxygen atoms in total. The van der Waals surface area contributed by atoms with Gasteiger partial charge < -0.3 is 44.0 Å². The van der Waals surface area contributed by atoms with Crippen molar-refractivity contribution in [2.24, 2.45) is 0 Å². The Labute approximate surface area is 322 Å². The lowest BCUT2D eigenvalue weighted by molar-refractivity contribution is -0.161. The molecule has 0 aliphatic carbocycles. The standard InChI is InChI=1S/C40H42N4O10S/c1-17-9-21-10-23-24(13-41)44-25-14-51-39(48)40(22-12-27(49-5)26(46)11-20(22)7-8-43(40)4)15-55-38(32(44)31(42-23)28(21)33(47)34(17)50-6)30-29(25)37-36(52-16-53-37)18(2)35(30)54-19(3)45/h9,11-12,23-25,31-32,38,42,46-47H,7-8,10,14-16H2,1-6H3/t23-,24+,25-,31+,32?,38-,40-/m1/s1. The molecular weight excluding hydrogens is 729 g/mol. The Kier molecular flexibility index (Phi) is 8.36. The number of aromatic hydroxyl groups is 2. The van der Waals surface area contributed by atoms with E-state index in [1.54, 1.807) is 12.1 Å². The molecule has 3 aromatic carbocycles. The zero-order valence-electron chi connectivity index (χ0n) is 31.3. The Hall–Kier alpha value is -4.88. The maximum Gasteiger partial charge on any atom is 0.332 e. The number of nitriles is 1. The number of aryl methyl sites for hydroxylation is 1. The van der Waals surface area contributed by atoms with Crippen LogP contribution < -0.4 is 29.0 Å². The molecule has 4 bridgehead atoms. The van der Waals surface area contributed by atoms with Crippen molar-refractivity contribution in [2.45, 2.75) is 74.6 Å². The van der Waals surface area contributed by atoms with Crippen molar-refractivity contribution >= 4 is 23.7 Å². The van der Waals surface area contributed by atoms with E-state index in [4.69, 9.17) is 28.4 Å². The third kappa shape index (κ3) is 4.90. The zero-order chi connectivity index (χ0) is 38.7. The molecule has 3 aromatic rings. The molecule has 0 saturated carbocycles. The van der Waals surface area contributed by atoms with Crippen molar-refractivity contribution in [3.8, 4) is 46.3 Å². The predicted molar refractivity (Wildman–Crippen MR) is 198 cm³/mol. The molecule has 7 aliphatic heterocycles. The Morgan fingerprint density at radius 3 is 2.56 bits per heavy atom. The molecule has 7 aliphatic rings. The van der Waals surface area contributed by atoms with Crippen LogP contribution in [-0.4, -0.2) is 97.0 Å². The van der Waals surface area contributed by atoms with Gasteiger partial charge >= 0.3 is 11.9 Å². The highest BCUT2D eigenvalue weighted by Gasteiger charge is 2.61. The Morgan fingerprint density at radius 1 is 1.05 bits per heavy atom. The lowest BCUT2D eigenvalue weighted by Crippen LogP contribution is -2.69. The normalized spacial score (nSPS) is 28.9. The molecule has 10 rings (SSSR count). The summed E-state index contributed by atoms with van der Waals surface area (Å²) in [5.74, 6) is 1.01. The number of carbonyl (C=O) groups is 2. The second-order valence-electron chi connectivity index (χ2n) is 15.1. The minimum atomic E-state index is -1.32. The average Bonchev–Trinajstić information content (AvgIpc) is 3.65. The lowest BCUT2D eigenvalue weighted by Gasteiger charge is -2.59. The number of fused-ring (bicyclic) bond motifs is 9. The zero-order valence-corrected chi connectivity index (χ0v) is 32.2. The molecule has 3 N–H and O–H groups in total. The molecule has 0 radical (unpaired) electrons. The van der Waals surface area contributed by atoms with Gasteiger partial charge in [-0.05, 0) is 68.1 Å². The van der Waals surface area contributed by atoms with Crippen molar-refractivity contribution in [1.29, 1.82) is 5.26 Å². The van der Waals surface area contributed by atoms with Gasteiger partial charge in [0.05, 0.1) is 37.6 Å². The summed E-state index contributed by atoms with van der Waals surface area (Å²) in [5.41, 5.74) is 4.44. The molecule has 7 heterocycles. The van der Waals surface area contributed by atoms with Gasteiger partial charge in [0.1, 0.15) is 18.4 Å². The van der Waals surface area contributed by atoms with Gasteiger partial charge in [-0.3, -0.25) is 14.6 Å². The van der Waals surface area contributed by atoms with Crippen LogP contribution in [0.2, 0.25) is 0 Å². The molecule has 7 atom stereocenters. The van der Waals surface area contributed by atoms with E-state index < -0.39 is 46.9 Å². The van der Waals surface area contributed by atoms with Gasteiger partial charge in [0.15, 0.2) is 40.0 Å². The van der Waals surface area contributed by atoms with Gasteiger partial charge in [0, 0.05) is 53.6 Å². The van der Waals surface area contributed by atoms with Crippen LogP contribution in [0.1, 0.15) is 68.8 Å². The molecule has 288 valence electrons. The molecule has 15 heteroatoms. The Morgan fingerprint density at radius 2 is 1.84 bits per heavy atom. The van der Waals surface area contributed by atoms with E-state index in [1.807, 2.05) is 31.9 Å². The highest BCUT2D eigenvalue weighted by Crippen LogP contribution is 2.63. The van der Waals surface area contributed by atoms with Gasteiger partial charge in [-0.1, -0.05) is 6.07 Å². The fourth-order valence-electron chi connectivity index (χ4n) is 10.1. The molecular formula is C40H42N4O10S. The summed E-state index contributed by atoms with van der Waals surface area (Å²) in [6.07, 6.45) is 1.05. The number of carbonyl (C=O) groups excluding carboxylic acids is 2. The van der Waals surface area contributed by atoms with E-state index in [2.05, 4.69) is 16.3 Å². The molecule has 2 fully saturated rings. The third-order valence-corrected chi connectivity index (χ3v) is 13.9. The van der Waals surface area contributed by atoms with Crippen LogP contribution in [-0.2, 0) is 32.7 Å². The number of benzene rings is 3. The first kappa shape index (κ1) is 35.8. The van der Waals surface area contributed by atoms with E-state index in [-0.39, 0.29) is 42.4 Å². The number of phenols is 2. The van der Waals surface area contributed by atoms with Gasteiger partial charge in [0.2, 0.25) is 6.79 Å². The molecule has 1 spiro atoms.